The number of aliphatic carboxylic acids is 1. The van der Waals surface area contributed by atoms with Crippen LogP contribution >= 0.6 is 11.8 Å². The van der Waals surface area contributed by atoms with E-state index in [2.05, 4.69) is 4.98 Å². The van der Waals surface area contributed by atoms with Crippen molar-refractivity contribution in [3.8, 4) is 0 Å². The zero-order valence-electron chi connectivity index (χ0n) is 16.9. The molecular weight excluding hydrogens is 440 g/mol. The van der Waals surface area contributed by atoms with Crippen molar-refractivity contribution in [1.82, 2.24) is 9.88 Å². The molecule has 172 valence electrons. The molecule has 1 aromatic rings. The van der Waals surface area contributed by atoms with Crippen LogP contribution in [0.1, 0.15) is 30.7 Å². The van der Waals surface area contributed by atoms with Gasteiger partial charge in [-0.2, -0.15) is 13.2 Å². The SMILES string of the molecule is Cc1cccc(COC2CSC3(C2)CN(C(=O)C2CC(F)C2)C3)n1.O=C(O)C(F)(F)F. The van der Waals surface area contributed by atoms with Gasteiger partial charge in [-0.15, -0.1) is 11.8 Å². The number of carbonyl (C=O) groups excluding carboxylic acids is 1. The summed E-state index contributed by atoms with van der Waals surface area (Å²) in [5.74, 6) is -1.69. The van der Waals surface area contributed by atoms with Crippen LogP contribution in [0.2, 0.25) is 0 Å². The Morgan fingerprint density at radius 1 is 1.32 bits per heavy atom. The number of hydrogen-bond acceptors (Lipinski definition) is 5. The molecule has 1 unspecified atom stereocenters. The molecule has 0 radical (unpaired) electrons. The number of ether oxygens (including phenoxy) is 1. The first-order chi connectivity index (χ1) is 14.5. The van der Waals surface area contributed by atoms with Crippen LogP contribution in [-0.4, -0.2) is 68.9 Å². The van der Waals surface area contributed by atoms with Crippen molar-refractivity contribution >= 4 is 23.6 Å². The predicted octanol–water partition coefficient (Wildman–Crippen LogP) is 3.37. The number of nitrogens with zero attached hydrogens (tertiary/aromatic N) is 2. The Kier molecular flexibility index (Phi) is 7.14. The number of carbonyl (C=O) groups is 2. The second-order valence-electron chi connectivity index (χ2n) is 8.16. The van der Waals surface area contributed by atoms with Gasteiger partial charge >= 0.3 is 12.1 Å². The number of pyridine rings is 1. The first-order valence-corrected chi connectivity index (χ1v) is 10.9. The van der Waals surface area contributed by atoms with Crippen LogP contribution < -0.4 is 0 Å². The number of rotatable bonds is 4. The Morgan fingerprint density at radius 3 is 2.52 bits per heavy atom. The molecule has 3 aliphatic rings. The molecule has 2 saturated heterocycles. The lowest BCUT2D eigenvalue weighted by Crippen LogP contribution is -2.62. The highest BCUT2D eigenvalue weighted by molar-refractivity contribution is 8.01. The zero-order valence-corrected chi connectivity index (χ0v) is 17.7. The topological polar surface area (TPSA) is 79.7 Å². The molecule has 0 aromatic carbocycles. The Bertz CT molecular complexity index is 811. The molecule has 1 aromatic heterocycles. The van der Waals surface area contributed by atoms with Gasteiger partial charge in [-0.05, 0) is 38.3 Å². The highest BCUT2D eigenvalue weighted by atomic mass is 32.2. The van der Waals surface area contributed by atoms with Gasteiger partial charge in [-0.3, -0.25) is 9.78 Å². The highest BCUT2D eigenvalue weighted by Gasteiger charge is 2.52. The van der Waals surface area contributed by atoms with E-state index in [-0.39, 0.29) is 22.7 Å². The first kappa shape index (κ1) is 23.8. The molecular formula is C20H24F4N2O4S. The zero-order chi connectivity index (χ0) is 22.8. The highest BCUT2D eigenvalue weighted by Crippen LogP contribution is 2.47. The Labute approximate surface area is 181 Å². The average molecular weight is 464 g/mol. The van der Waals surface area contributed by atoms with Crippen molar-refractivity contribution in [2.75, 3.05) is 18.8 Å². The number of hydrogen-bond donors (Lipinski definition) is 1. The summed E-state index contributed by atoms with van der Waals surface area (Å²) in [7, 11) is 0. The summed E-state index contributed by atoms with van der Waals surface area (Å²) >= 11 is 1.92. The first-order valence-electron chi connectivity index (χ1n) is 9.88. The summed E-state index contributed by atoms with van der Waals surface area (Å²) in [5.41, 5.74) is 1.98. The fourth-order valence-corrected chi connectivity index (χ4v) is 5.38. The maximum Gasteiger partial charge on any atom is 0.490 e. The molecule has 1 atom stereocenters. The van der Waals surface area contributed by atoms with Gasteiger partial charge in [-0.25, -0.2) is 9.18 Å². The molecule has 1 aliphatic carbocycles. The van der Waals surface area contributed by atoms with Crippen LogP contribution in [0.15, 0.2) is 18.2 Å². The molecule has 1 amide bonds. The van der Waals surface area contributed by atoms with E-state index in [4.69, 9.17) is 14.6 Å². The van der Waals surface area contributed by atoms with Gasteiger partial charge in [0.25, 0.3) is 0 Å². The van der Waals surface area contributed by atoms with Crippen LogP contribution in [0.3, 0.4) is 0 Å². The summed E-state index contributed by atoms with van der Waals surface area (Å²) in [5, 5.41) is 7.12. The van der Waals surface area contributed by atoms with Gasteiger partial charge in [0.2, 0.25) is 5.91 Å². The van der Waals surface area contributed by atoms with E-state index in [1.54, 1.807) is 0 Å². The van der Waals surface area contributed by atoms with Gasteiger partial charge in [0, 0.05) is 30.5 Å². The Hall–Kier alpha value is -1.88. The van der Waals surface area contributed by atoms with Crippen molar-refractivity contribution in [2.24, 2.45) is 5.92 Å². The molecule has 1 saturated carbocycles. The van der Waals surface area contributed by atoms with Gasteiger partial charge in [-0.1, -0.05) is 6.07 Å². The van der Waals surface area contributed by atoms with Crippen molar-refractivity contribution in [3.63, 3.8) is 0 Å². The molecule has 6 nitrogen and oxygen atoms in total. The molecule has 2 aliphatic heterocycles. The number of amides is 1. The fourth-order valence-electron chi connectivity index (χ4n) is 3.83. The largest absolute Gasteiger partial charge is 0.490 e. The van der Waals surface area contributed by atoms with E-state index in [1.165, 1.54) is 0 Å². The van der Waals surface area contributed by atoms with Crippen LogP contribution in [-0.2, 0) is 20.9 Å². The van der Waals surface area contributed by atoms with E-state index in [1.807, 2.05) is 41.8 Å². The average Bonchev–Trinajstić information content (AvgIpc) is 3.07. The second-order valence-corrected chi connectivity index (χ2v) is 9.65. The van der Waals surface area contributed by atoms with Gasteiger partial charge in [0.15, 0.2) is 0 Å². The molecule has 3 fully saturated rings. The molecule has 1 spiro atoms. The quantitative estimate of drug-likeness (QED) is 0.689. The third-order valence-electron chi connectivity index (χ3n) is 5.53. The van der Waals surface area contributed by atoms with Crippen molar-refractivity contribution in [2.45, 2.75) is 56.0 Å². The van der Waals surface area contributed by atoms with Crippen LogP contribution in [0.4, 0.5) is 17.6 Å². The maximum absolute atomic E-state index is 12.9. The third kappa shape index (κ3) is 6.09. The predicted molar refractivity (Wildman–Crippen MR) is 105 cm³/mol. The lowest BCUT2D eigenvalue weighted by atomic mass is 9.80. The maximum atomic E-state index is 12.9. The van der Waals surface area contributed by atoms with Crippen LogP contribution in [0.5, 0.6) is 0 Å². The van der Waals surface area contributed by atoms with Crippen molar-refractivity contribution in [1.29, 1.82) is 0 Å². The van der Waals surface area contributed by atoms with Crippen LogP contribution in [0.25, 0.3) is 0 Å². The number of thioether (sulfide) groups is 1. The Morgan fingerprint density at radius 2 is 1.97 bits per heavy atom. The summed E-state index contributed by atoms with van der Waals surface area (Å²) in [6.45, 7) is 4.13. The summed E-state index contributed by atoms with van der Waals surface area (Å²) < 4.78 is 50.8. The fraction of sp³-hybridized carbons (Fsp3) is 0.650. The lowest BCUT2D eigenvalue weighted by Gasteiger charge is -2.49. The number of aryl methyl sites for hydroxylation is 1. The minimum atomic E-state index is -5.08. The standard InChI is InChI=1S/C18H23FN2O2S.C2HF3O2/c1-12-3-2-4-15(20-12)8-23-16-7-18(24-9-16)10-21(11-18)17(22)13-5-14(19)6-13;3-2(4,5)1(6)7/h2-4,13-14,16H,5-11H2,1H3;(H,6,7). The minimum Gasteiger partial charge on any atom is -0.475 e. The monoisotopic (exact) mass is 464 g/mol. The molecule has 0 bridgehead atoms. The summed E-state index contributed by atoms with van der Waals surface area (Å²) in [6, 6.07) is 5.98. The Balaban J connectivity index is 0.000000339. The number of alkyl halides is 4. The summed E-state index contributed by atoms with van der Waals surface area (Å²) in [4.78, 5) is 27.5. The lowest BCUT2D eigenvalue weighted by molar-refractivity contribution is -0.192. The van der Waals surface area contributed by atoms with E-state index < -0.39 is 18.3 Å². The van der Waals surface area contributed by atoms with Crippen molar-refractivity contribution < 1.29 is 37.0 Å². The van der Waals surface area contributed by atoms with Crippen molar-refractivity contribution in [3.05, 3.63) is 29.6 Å². The molecule has 3 heterocycles. The number of likely N-dealkylation sites (tertiary alicyclic amines) is 1. The minimum absolute atomic E-state index is 0.0665. The van der Waals surface area contributed by atoms with E-state index in [0.717, 1.165) is 36.7 Å². The third-order valence-corrected chi connectivity index (χ3v) is 7.11. The van der Waals surface area contributed by atoms with Gasteiger partial charge in [0.1, 0.15) is 6.17 Å². The van der Waals surface area contributed by atoms with E-state index in [9.17, 15) is 22.4 Å². The van der Waals surface area contributed by atoms with E-state index >= 15 is 0 Å². The summed E-state index contributed by atoms with van der Waals surface area (Å²) in [6.07, 6.45) is -3.78. The van der Waals surface area contributed by atoms with E-state index in [0.29, 0.717) is 19.4 Å². The molecule has 1 N–H and O–H groups in total. The molecule has 11 heteroatoms. The number of carboxylic acids is 1. The number of halogens is 4. The number of aromatic nitrogens is 1. The normalized spacial score (nSPS) is 26.5. The number of carboxylic acid groups (broad SMARTS) is 1. The van der Waals surface area contributed by atoms with Gasteiger partial charge in [0.05, 0.1) is 23.2 Å². The van der Waals surface area contributed by atoms with Crippen LogP contribution in [0, 0.1) is 12.8 Å². The second kappa shape index (κ2) is 9.32. The molecule has 4 rings (SSSR count). The molecule has 31 heavy (non-hydrogen) atoms. The smallest absolute Gasteiger partial charge is 0.475 e. The van der Waals surface area contributed by atoms with Gasteiger partial charge < -0.3 is 14.7 Å².